The molecule has 0 unspecified atom stereocenters. The van der Waals surface area contributed by atoms with Gasteiger partial charge in [0.1, 0.15) is 11.5 Å². The molecule has 0 aromatic heterocycles. The summed E-state index contributed by atoms with van der Waals surface area (Å²) in [7, 11) is 3.07. The van der Waals surface area contributed by atoms with Crippen molar-refractivity contribution in [1.82, 2.24) is 0 Å². The number of ether oxygens (including phenoxy) is 2. The molecule has 0 amide bonds. The number of methoxy groups -OCH3 is 2. The molecule has 0 aliphatic heterocycles. The monoisotopic (exact) mass is 422 g/mol. The Morgan fingerprint density at radius 3 is 1.24 bits per heavy atom. The molecular formula is C17H18Cl4N2O2. The summed E-state index contributed by atoms with van der Waals surface area (Å²) in [4.78, 5) is 0. The minimum Gasteiger partial charge on any atom is -0.497 e. The second-order valence-electron chi connectivity index (χ2n) is 5.46. The normalized spacial score (nSPS) is 13.4. The summed E-state index contributed by atoms with van der Waals surface area (Å²) >= 11 is 25.1. The maximum atomic E-state index is 6.29. The third kappa shape index (κ3) is 4.64. The molecule has 136 valence electrons. The van der Waals surface area contributed by atoms with Gasteiger partial charge in [-0.15, -0.1) is 0 Å². The molecule has 2 aromatic rings. The Hall–Kier alpha value is -0.880. The maximum absolute atomic E-state index is 6.29. The predicted octanol–water partition coefficient (Wildman–Crippen LogP) is 5.41. The van der Waals surface area contributed by atoms with Crippen molar-refractivity contribution in [2.24, 2.45) is 11.5 Å². The fraction of sp³-hybridized carbons (Fsp3) is 0.294. The molecule has 4 N–H and O–H groups in total. The van der Waals surface area contributed by atoms with Crippen molar-refractivity contribution >= 4 is 46.4 Å². The molecule has 0 saturated heterocycles. The highest BCUT2D eigenvalue weighted by Crippen LogP contribution is 2.40. The molecule has 8 heteroatoms. The Kier molecular flexibility index (Phi) is 7.09. The highest BCUT2D eigenvalue weighted by Gasteiger charge is 2.22. The van der Waals surface area contributed by atoms with Gasteiger partial charge in [0, 0.05) is 23.2 Å². The van der Waals surface area contributed by atoms with Gasteiger partial charge in [0.05, 0.1) is 34.3 Å². The van der Waals surface area contributed by atoms with Gasteiger partial charge >= 0.3 is 0 Å². The zero-order chi connectivity index (χ0) is 18.7. The molecule has 0 aliphatic carbocycles. The summed E-state index contributed by atoms with van der Waals surface area (Å²) < 4.78 is 10.3. The van der Waals surface area contributed by atoms with E-state index in [0.717, 1.165) is 0 Å². The molecule has 0 aliphatic rings. The topological polar surface area (TPSA) is 70.5 Å². The van der Waals surface area contributed by atoms with Crippen LogP contribution in [-0.4, -0.2) is 14.2 Å². The third-order valence-electron chi connectivity index (χ3n) is 3.83. The van der Waals surface area contributed by atoms with Crippen LogP contribution in [0.3, 0.4) is 0 Å². The quantitative estimate of drug-likeness (QED) is 0.651. The second kappa shape index (κ2) is 8.67. The maximum Gasteiger partial charge on any atom is 0.121 e. The largest absolute Gasteiger partial charge is 0.497 e. The van der Waals surface area contributed by atoms with E-state index in [4.69, 9.17) is 67.3 Å². The Morgan fingerprint density at radius 2 is 1.00 bits per heavy atom. The summed E-state index contributed by atoms with van der Waals surface area (Å²) in [5.74, 6) is 1.10. The van der Waals surface area contributed by atoms with Crippen LogP contribution in [0.5, 0.6) is 11.5 Å². The predicted molar refractivity (Wildman–Crippen MR) is 105 cm³/mol. The lowest BCUT2D eigenvalue weighted by Crippen LogP contribution is -2.21. The smallest absolute Gasteiger partial charge is 0.121 e. The first-order valence-corrected chi connectivity index (χ1v) is 8.86. The van der Waals surface area contributed by atoms with E-state index in [2.05, 4.69) is 0 Å². The summed E-state index contributed by atoms with van der Waals surface area (Å²) in [5.41, 5.74) is 13.8. The number of hydrogen-bond donors (Lipinski definition) is 2. The van der Waals surface area contributed by atoms with Crippen molar-refractivity contribution in [2.75, 3.05) is 14.2 Å². The third-order valence-corrected chi connectivity index (χ3v) is 5.08. The van der Waals surface area contributed by atoms with E-state index in [-0.39, 0.29) is 0 Å². The minimum atomic E-state index is -0.504. The van der Waals surface area contributed by atoms with Crippen molar-refractivity contribution in [2.45, 2.75) is 18.5 Å². The number of benzene rings is 2. The molecular weight excluding hydrogens is 406 g/mol. The first-order chi connectivity index (χ1) is 11.8. The fourth-order valence-electron chi connectivity index (χ4n) is 2.58. The van der Waals surface area contributed by atoms with Crippen LogP contribution < -0.4 is 20.9 Å². The van der Waals surface area contributed by atoms with Gasteiger partial charge < -0.3 is 20.9 Å². The van der Waals surface area contributed by atoms with Gasteiger partial charge in [-0.05, 0) is 30.7 Å². The van der Waals surface area contributed by atoms with Crippen molar-refractivity contribution in [3.05, 3.63) is 55.5 Å². The lowest BCUT2D eigenvalue weighted by Gasteiger charge is -2.22. The molecule has 2 atom stereocenters. The standard InChI is InChI=1S/C17H18Cl4N2O2/c1-24-8-3-10(18)16(11(19)4-8)14(22)7-15(23)17-12(20)5-9(25-2)6-13(17)21/h3-6,14-15H,7,22-23H2,1-2H3/t14-,15-/m0/s1. The van der Waals surface area contributed by atoms with E-state index in [1.54, 1.807) is 24.3 Å². The summed E-state index contributed by atoms with van der Waals surface area (Å²) in [6, 6.07) is 5.61. The van der Waals surface area contributed by atoms with Gasteiger partial charge in [-0.2, -0.15) is 0 Å². The van der Waals surface area contributed by atoms with E-state index < -0.39 is 12.1 Å². The molecule has 0 spiro atoms. The van der Waals surface area contributed by atoms with E-state index in [9.17, 15) is 0 Å². The Morgan fingerprint density at radius 1 is 0.720 bits per heavy atom. The SMILES string of the molecule is COc1cc(Cl)c([C@@H](N)C[C@H](N)c2c(Cl)cc(OC)cc2Cl)c(Cl)c1. The summed E-state index contributed by atoms with van der Waals surface area (Å²) in [6.07, 6.45) is 0.345. The lowest BCUT2D eigenvalue weighted by atomic mass is 9.95. The Balaban J connectivity index is 2.28. The van der Waals surface area contributed by atoms with E-state index >= 15 is 0 Å². The molecule has 0 radical (unpaired) electrons. The summed E-state index contributed by atoms with van der Waals surface area (Å²) in [5, 5.41) is 1.65. The molecule has 0 bridgehead atoms. The number of halogens is 4. The van der Waals surface area contributed by atoms with Crippen LogP contribution in [0.2, 0.25) is 20.1 Å². The van der Waals surface area contributed by atoms with Gasteiger partial charge in [-0.3, -0.25) is 0 Å². The van der Waals surface area contributed by atoms with Gasteiger partial charge in [-0.1, -0.05) is 46.4 Å². The van der Waals surface area contributed by atoms with Crippen molar-refractivity contribution < 1.29 is 9.47 Å². The molecule has 0 heterocycles. The fourth-order valence-corrected chi connectivity index (χ4v) is 4.07. The first kappa shape index (κ1) is 20.4. The van der Waals surface area contributed by atoms with E-state index in [0.29, 0.717) is 49.1 Å². The summed E-state index contributed by atoms with van der Waals surface area (Å²) in [6.45, 7) is 0. The van der Waals surface area contributed by atoms with Crippen molar-refractivity contribution in [3.8, 4) is 11.5 Å². The van der Waals surface area contributed by atoms with Crippen LogP contribution in [0.4, 0.5) is 0 Å². The first-order valence-electron chi connectivity index (χ1n) is 7.35. The Labute approximate surface area is 166 Å². The second-order valence-corrected chi connectivity index (χ2v) is 7.09. The molecule has 25 heavy (non-hydrogen) atoms. The molecule has 0 fully saturated rings. The molecule has 4 nitrogen and oxygen atoms in total. The van der Waals surface area contributed by atoms with Gasteiger partial charge in [0.2, 0.25) is 0 Å². The van der Waals surface area contributed by atoms with Gasteiger partial charge in [0.15, 0.2) is 0 Å². The van der Waals surface area contributed by atoms with Crippen molar-refractivity contribution in [1.29, 1.82) is 0 Å². The number of rotatable bonds is 6. The highest BCUT2D eigenvalue weighted by atomic mass is 35.5. The van der Waals surface area contributed by atoms with E-state index in [1.807, 2.05) is 0 Å². The van der Waals surface area contributed by atoms with Crippen LogP contribution in [0.15, 0.2) is 24.3 Å². The zero-order valence-corrected chi connectivity index (χ0v) is 16.7. The zero-order valence-electron chi connectivity index (χ0n) is 13.7. The number of hydrogen-bond acceptors (Lipinski definition) is 4. The Bertz CT molecular complexity index is 661. The van der Waals surface area contributed by atoms with Crippen LogP contribution in [0.25, 0.3) is 0 Å². The van der Waals surface area contributed by atoms with E-state index in [1.165, 1.54) is 14.2 Å². The minimum absolute atomic E-state index is 0.345. The van der Waals surface area contributed by atoms with Gasteiger partial charge in [0.25, 0.3) is 0 Å². The van der Waals surface area contributed by atoms with Crippen LogP contribution in [-0.2, 0) is 0 Å². The lowest BCUT2D eigenvalue weighted by molar-refractivity contribution is 0.414. The van der Waals surface area contributed by atoms with Crippen LogP contribution in [0.1, 0.15) is 29.6 Å². The average Bonchev–Trinajstić information content (AvgIpc) is 2.52. The average molecular weight is 424 g/mol. The number of nitrogens with two attached hydrogens (primary N) is 2. The van der Waals surface area contributed by atoms with Crippen LogP contribution >= 0.6 is 46.4 Å². The molecule has 2 rings (SSSR count). The molecule has 2 aromatic carbocycles. The van der Waals surface area contributed by atoms with Gasteiger partial charge in [-0.25, -0.2) is 0 Å². The van der Waals surface area contributed by atoms with Crippen molar-refractivity contribution in [3.63, 3.8) is 0 Å². The van der Waals surface area contributed by atoms with Crippen LogP contribution in [0, 0.1) is 0 Å². The molecule has 0 saturated carbocycles. The highest BCUT2D eigenvalue weighted by molar-refractivity contribution is 6.37.